The number of hydrogen-bond acceptors (Lipinski definition) is 6. The van der Waals surface area contributed by atoms with Crippen LogP contribution in [0, 0.1) is 12.8 Å². The van der Waals surface area contributed by atoms with Crippen molar-refractivity contribution >= 4 is 0 Å². The molecule has 3 heterocycles. The van der Waals surface area contributed by atoms with Crippen molar-refractivity contribution in [2.75, 3.05) is 19.7 Å². The molecule has 6 nitrogen and oxygen atoms in total. The standard InChI is InChI=1S/C23H28N4O2/c1-16(2)15-28-20-8-4-7-18(12-20)13-27-11-9-19(14-27)22-25-23(29-26-22)21-17(3)6-5-10-24-21/h4-8,10,12,16,19H,9,11,13-15H2,1-3H3. The summed E-state index contributed by atoms with van der Waals surface area (Å²) in [5.74, 6) is 3.04. The van der Waals surface area contributed by atoms with Gasteiger partial charge in [0.15, 0.2) is 5.82 Å². The largest absolute Gasteiger partial charge is 0.493 e. The topological polar surface area (TPSA) is 64.3 Å². The monoisotopic (exact) mass is 392 g/mol. The zero-order chi connectivity index (χ0) is 20.2. The van der Waals surface area contributed by atoms with Gasteiger partial charge in [-0.1, -0.05) is 37.2 Å². The molecule has 4 rings (SSSR count). The highest BCUT2D eigenvalue weighted by molar-refractivity contribution is 5.51. The van der Waals surface area contributed by atoms with Crippen LogP contribution in [-0.4, -0.2) is 39.7 Å². The van der Waals surface area contributed by atoms with Crippen LogP contribution in [0.2, 0.25) is 0 Å². The van der Waals surface area contributed by atoms with Crippen molar-refractivity contribution in [1.29, 1.82) is 0 Å². The number of pyridine rings is 1. The van der Waals surface area contributed by atoms with E-state index in [4.69, 9.17) is 9.26 Å². The van der Waals surface area contributed by atoms with Gasteiger partial charge in [0.2, 0.25) is 0 Å². The number of hydrogen-bond donors (Lipinski definition) is 0. The van der Waals surface area contributed by atoms with Crippen molar-refractivity contribution in [2.45, 2.75) is 39.7 Å². The predicted octanol–water partition coefficient (Wildman–Crippen LogP) is 4.46. The van der Waals surface area contributed by atoms with Crippen molar-refractivity contribution in [3.8, 4) is 17.3 Å². The number of ether oxygens (including phenoxy) is 1. The Morgan fingerprint density at radius 3 is 2.97 bits per heavy atom. The molecule has 1 atom stereocenters. The zero-order valence-electron chi connectivity index (χ0n) is 17.3. The summed E-state index contributed by atoms with van der Waals surface area (Å²) in [6.45, 7) is 9.91. The SMILES string of the molecule is Cc1cccnc1-c1nc(C2CCN(Cc3cccc(OCC(C)C)c3)C2)no1. The average Bonchev–Trinajstić information content (AvgIpc) is 3.37. The normalized spacial score (nSPS) is 17.2. The second kappa shape index (κ2) is 8.74. The van der Waals surface area contributed by atoms with Crippen molar-refractivity contribution in [3.05, 3.63) is 59.5 Å². The fourth-order valence-corrected chi connectivity index (χ4v) is 3.65. The van der Waals surface area contributed by atoms with Crippen LogP contribution in [0.3, 0.4) is 0 Å². The van der Waals surface area contributed by atoms with Gasteiger partial charge in [0, 0.05) is 25.2 Å². The lowest BCUT2D eigenvalue weighted by atomic mass is 10.1. The number of likely N-dealkylation sites (tertiary alicyclic amines) is 1. The summed E-state index contributed by atoms with van der Waals surface area (Å²) in [4.78, 5) is 11.4. The Hall–Kier alpha value is -2.73. The molecule has 3 aromatic rings. The molecular weight excluding hydrogens is 364 g/mol. The lowest BCUT2D eigenvalue weighted by Gasteiger charge is -2.16. The molecule has 6 heteroatoms. The Morgan fingerprint density at radius 1 is 1.24 bits per heavy atom. The van der Waals surface area contributed by atoms with Crippen LogP contribution in [0.25, 0.3) is 11.6 Å². The molecule has 29 heavy (non-hydrogen) atoms. The fraction of sp³-hybridized carbons (Fsp3) is 0.435. The number of benzene rings is 1. The molecule has 0 amide bonds. The number of aromatic nitrogens is 3. The third-order valence-electron chi connectivity index (χ3n) is 5.18. The first-order valence-electron chi connectivity index (χ1n) is 10.3. The summed E-state index contributed by atoms with van der Waals surface area (Å²) >= 11 is 0. The minimum atomic E-state index is 0.289. The van der Waals surface area contributed by atoms with E-state index in [0.717, 1.165) is 55.5 Å². The van der Waals surface area contributed by atoms with Crippen molar-refractivity contribution in [3.63, 3.8) is 0 Å². The van der Waals surface area contributed by atoms with Gasteiger partial charge >= 0.3 is 0 Å². The van der Waals surface area contributed by atoms with Crippen molar-refractivity contribution < 1.29 is 9.26 Å². The molecule has 1 saturated heterocycles. The number of rotatable bonds is 7. The Balaban J connectivity index is 1.38. The Bertz CT molecular complexity index is 953. The van der Waals surface area contributed by atoms with Crippen LogP contribution in [0.15, 0.2) is 47.1 Å². The van der Waals surface area contributed by atoms with Crippen molar-refractivity contribution in [1.82, 2.24) is 20.0 Å². The molecule has 0 radical (unpaired) electrons. The average molecular weight is 393 g/mol. The first kappa shape index (κ1) is 19.6. The molecule has 0 spiro atoms. The van der Waals surface area contributed by atoms with Crippen LogP contribution < -0.4 is 4.74 Å². The number of nitrogens with zero attached hydrogens (tertiary/aromatic N) is 4. The lowest BCUT2D eigenvalue weighted by molar-refractivity contribution is 0.270. The highest BCUT2D eigenvalue weighted by Crippen LogP contribution is 2.29. The van der Waals surface area contributed by atoms with E-state index >= 15 is 0 Å². The van der Waals surface area contributed by atoms with Gasteiger partial charge in [-0.15, -0.1) is 0 Å². The second-order valence-corrected chi connectivity index (χ2v) is 8.20. The van der Waals surface area contributed by atoms with Crippen LogP contribution in [-0.2, 0) is 6.54 Å². The van der Waals surface area contributed by atoms with Gasteiger partial charge in [-0.25, -0.2) is 0 Å². The fourth-order valence-electron chi connectivity index (χ4n) is 3.65. The molecule has 0 N–H and O–H groups in total. The first-order chi connectivity index (χ1) is 14.1. The molecule has 2 aromatic heterocycles. The molecule has 1 aliphatic rings. The summed E-state index contributed by atoms with van der Waals surface area (Å²) in [6, 6.07) is 12.3. The lowest BCUT2D eigenvalue weighted by Crippen LogP contribution is -2.20. The maximum absolute atomic E-state index is 5.86. The van der Waals surface area contributed by atoms with E-state index in [1.807, 2.05) is 25.1 Å². The maximum atomic E-state index is 5.86. The summed E-state index contributed by atoms with van der Waals surface area (Å²) in [5.41, 5.74) is 3.07. The highest BCUT2D eigenvalue weighted by atomic mass is 16.5. The van der Waals surface area contributed by atoms with Gasteiger partial charge in [-0.2, -0.15) is 4.98 Å². The van der Waals surface area contributed by atoms with E-state index in [9.17, 15) is 0 Å². The summed E-state index contributed by atoms with van der Waals surface area (Å²) in [5, 5.41) is 4.24. The van der Waals surface area contributed by atoms with E-state index in [0.29, 0.717) is 11.8 Å². The molecule has 0 bridgehead atoms. The van der Waals surface area contributed by atoms with Gasteiger partial charge in [-0.05, 0) is 55.1 Å². The van der Waals surface area contributed by atoms with Gasteiger partial charge in [0.25, 0.3) is 5.89 Å². The molecule has 0 aliphatic carbocycles. The van der Waals surface area contributed by atoms with E-state index < -0.39 is 0 Å². The summed E-state index contributed by atoms with van der Waals surface area (Å²) < 4.78 is 11.4. The summed E-state index contributed by atoms with van der Waals surface area (Å²) in [7, 11) is 0. The quantitative estimate of drug-likeness (QED) is 0.591. The molecule has 1 aromatic carbocycles. The van der Waals surface area contributed by atoms with Crippen LogP contribution in [0.5, 0.6) is 5.75 Å². The minimum Gasteiger partial charge on any atom is -0.493 e. The predicted molar refractivity (Wildman–Crippen MR) is 112 cm³/mol. The van der Waals surface area contributed by atoms with Crippen LogP contribution in [0.4, 0.5) is 0 Å². The maximum Gasteiger partial charge on any atom is 0.276 e. The van der Waals surface area contributed by atoms with E-state index in [-0.39, 0.29) is 5.92 Å². The van der Waals surface area contributed by atoms with Crippen molar-refractivity contribution in [2.24, 2.45) is 5.92 Å². The molecule has 152 valence electrons. The highest BCUT2D eigenvalue weighted by Gasteiger charge is 2.28. The van der Waals surface area contributed by atoms with Gasteiger partial charge < -0.3 is 9.26 Å². The minimum absolute atomic E-state index is 0.289. The van der Waals surface area contributed by atoms with Gasteiger partial charge in [-0.3, -0.25) is 9.88 Å². The van der Waals surface area contributed by atoms with Gasteiger partial charge in [0.1, 0.15) is 11.4 Å². The van der Waals surface area contributed by atoms with Crippen LogP contribution in [0.1, 0.15) is 43.1 Å². The smallest absolute Gasteiger partial charge is 0.276 e. The third kappa shape index (κ3) is 4.82. The molecule has 1 fully saturated rings. The van der Waals surface area contributed by atoms with E-state index in [1.54, 1.807) is 6.20 Å². The van der Waals surface area contributed by atoms with Gasteiger partial charge in [0.05, 0.1) is 6.61 Å². The molecule has 1 unspecified atom stereocenters. The molecular formula is C23H28N4O2. The number of aryl methyl sites for hydroxylation is 1. The Labute approximate surface area is 171 Å². The zero-order valence-corrected chi connectivity index (χ0v) is 17.3. The Morgan fingerprint density at radius 2 is 2.14 bits per heavy atom. The first-order valence-corrected chi connectivity index (χ1v) is 10.3. The molecule has 0 saturated carbocycles. The van der Waals surface area contributed by atoms with E-state index in [2.05, 4.69) is 52.1 Å². The molecule has 1 aliphatic heterocycles. The van der Waals surface area contributed by atoms with Crippen LogP contribution >= 0.6 is 0 Å². The second-order valence-electron chi connectivity index (χ2n) is 8.20. The third-order valence-corrected chi connectivity index (χ3v) is 5.18. The Kier molecular flexibility index (Phi) is 5.90. The summed E-state index contributed by atoms with van der Waals surface area (Å²) in [6.07, 6.45) is 2.78. The van der Waals surface area contributed by atoms with E-state index in [1.165, 1.54) is 5.56 Å².